The lowest BCUT2D eigenvalue weighted by molar-refractivity contribution is 0.519. The van der Waals surface area contributed by atoms with Crippen molar-refractivity contribution in [2.75, 3.05) is 37.8 Å². The van der Waals surface area contributed by atoms with Crippen LogP contribution in [-0.2, 0) is 10.0 Å². The molecule has 0 saturated carbocycles. The number of hydrogen-bond donors (Lipinski definition) is 1. The van der Waals surface area contributed by atoms with Gasteiger partial charge in [0.05, 0.1) is 5.69 Å². The minimum absolute atomic E-state index is 0.305. The third kappa shape index (κ3) is 2.84. The Hall–Kier alpha value is -1.27. The fourth-order valence-electron chi connectivity index (χ4n) is 2.33. The molecule has 0 aliphatic carbocycles. The molecule has 106 valence electrons. The number of benzene rings is 1. The zero-order valence-electron chi connectivity index (χ0n) is 11.5. The predicted molar refractivity (Wildman–Crippen MR) is 77.8 cm³/mol. The SMILES string of the molecule is CN(C)S(=O)(=O)c1cc(N)ccc1N1CCCCC1. The average Bonchev–Trinajstić information content (AvgIpc) is 2.39. The Morgan fingerprint density at radius 1 is 1.16 bits per heavy atom. The van der Waals surface area contributed by atoms with Gasteiger partial charge in [0.15, 0.2) is 0 Å². The Balaban J connectivity index is 2.49. The molecule has 1 heterocycles. The van der Waals surface area contributed by atoms with E-state index in [0.717, 1.165) is 31.6 Å². The number of nitrogens with zero attached hydrogens (tertiary/aromatic N) is 2. The van der Waals surface area contributed by atoms with Crippen LogP contribution in [0, 0.1) is 0 Å². The van der Waals surface area contributed by atoms with E-state index in [-0.39, 0.29) is 0 Å². The smallest absolute Gasteiger partial charge is 0.244 e. The predicted octanol–water partition coefficient (Wildman–Crippen LogP) is 1.51. The first-order chi connectivity index (χ1) is 8.93. The van der Waals surface area contributed by atoms with Crippen LogP contribution in [0.25, 0.3) is 0 Å². The molecule has 0 radical (unpaired) electrons. The fourth-order valence-corrected chi connectivity index (χ4v) is 3.47. The lowest BCUT2D eigenvalue weighted by atomic mass is 10.1. The van der Waals surface area contributed by atoms with Crippen molar-refractivity contribution in [3.8, 4) is 0 Å². The van der Waals surface area contributed by atoms with Crippen LogP contribution in [0.15, 0.2) is 23.1 Å². The number of hydrogen-bond acceptors (Lipinski definition) is 4. The van der Waals surface area contributed by atoms with Crippen molar-refractivity contribution >= 4 is 21.4 Å². The third-order valence-electron chi connectivity index (χ3n) is 3.44. The molecule has 0 spiro atoms. The Bertz CT molecular complexity index is 549. The first-order valence-electron chi connectivity index (χ1n) is 6.50. The first kappa shape index (κ1) is 14.1. The Kier molecular flexibility index (Phi) is 4.01. The maximum absolute atomic E-state index is 12.4. The van der Waals surface area contributed by atoms with Crippen molar-refractivity contribution in [3.05, 3.63) is 18.2 Å². The molecule has 5 nitrogen and oxygen atoms in total. The molecule has 1 aromatic carbocycles. The zero-order chi connectivity index (χ0) is 14.0. The van der Waals surface area contributed by atoms with Gasteiger partial charge >= 0.3 is 0 Å². The van der Waals surface area contributed by atoms with Gasteiger partial charge < -0.3 is 10.6 Å². The van der Waals surface area contributed by atoms with Crippen LogP contribution in [0.3, 0.4) is 0 Å². The van der Waals surface area contributed by atoms with Crippen LogP contribution in [0.1, 0.15) is 19.3 Å². The van der Waals surface area contributed by atoms with E-state index in [1.165, 1.54) is 10.7 Å². The van der Waals surface area contributed by atoms with E-state index in [9.17, 15) is 8.42 Å². The monoisotopic (exact) mass is 283 g/mol. The van der Waals surface area contributed by atoms with E-state index in [4.69, 9.17) is 5.73 Å². The van der Waals surface area contributed by atoms with Crippen molar-refractivity contribution in [3.63, 3.8) is 0 Å². The number of nitrogens with two attached hydrogens (primary N) is 1. The van der Waals surface area contributed by atoms with Crippen LogP contribution < -0.4 is 10.6 Å². The summed E-state index contributed by atoms with van der Waals surface area (Å²) in [4.78, 5) is 2.44. The minimum atomic E-state index is -3.47. The van der Waals surface area contributed by atoms with Crippen LogP contribution in [0.4, 0.5) is 11.4 Å². The molecule has 2 N–H and O–H groups in total. The maximum atomic E-state index is 12.4. The summed E-state index contributed by atoms with van der Waals surface area (Å²) in [5.74, 6) is 0. The molecule has 1 aliphatic rings. The van der Waals surface area contributed by atoms with E-state index in [1.807, 2.05) is 6.07 Å². The van der Waals surface area contributed by atoms with Gasteiger partial charge in [-0.15, -0.1) is 0 Å². The van der Waals surface area contributed by atoms with Crippen LogP contribution in [0.2, 0.25) is 0 Å². The van der Waals surface area contributed by atoms with Crippen molar-refractivity contribution < 1.29 is 8.42 Å². The standard InChI is InChI=1S/C13H21N3O2S/c1-15(2)19(17,18)13-10-11(14)6-7-12(13)16-8-4-3-5-9-16/h6-7,10H,3-5,8-9,14H2,1-2H3. The summed E-state index contributed by atoms with van der Waals surface area (Å²) in [6, 6.07) is 5.13. The van der Waals surface area contributed by atoms with Gasteiger partial charge in [-0.1, -0.05) is 0 Å². The minimum Gasteiger partial charge on any atom is -0.399 e. The molecule has 2 rings (SSSR count). The number of nitrogen functional groups attached to an aromatic ring is 1. The molecule has 1 fully saturated rings. The molecule has 19 heavy (non-hydrogen) atoms. The average molecular weight is 283 g/mol. The van der Waals surface area contributed by atoms with Gasteiger partial charge in [-0.25, -0.2) is 12.7 Å². The lowest BCUT2D eigenvalue weighted by Gasteiger charge is -2.31. The molecule has 0 atom stereocenters. The molecule has 0 bridgehead atoms. The molecule has 6 heteroatoms. The van der Waals surface area contributed by atoms with Gasteiger partial charge in [0, 0.05) is 32.9 Å². The molecule has 1 aliphatic heterocycles. The van der Waals surface area contributed by atoms with E-state index in [1.54, 1.807) is 26.2 Å². The number of piperidine rings is 1. The number of rotatable bonds is 3. The van der Waals surface area contributed by atoms with Crippen LogP contribution in [0.5, 0.6) is 0 Å². The highest BCUT2D eigenvalue weighted by atomic mass is 32.2. The molecule has 0 unspecified atom stereocenters. The summed E-state index contributed by atoms with van der Waals surface area (Å²) in [5, 5.41) is 0. The Labute approximate surface area is 115 Å². The fraction of sp³-hybridized carbons (Fsp3) is 0.538. The quantitative estimate of drug-likeness (QED) is 0.854. The Morgan fingerprint density at radius 3 is 2.37 bits per heavy atom. The normalized spacial score (nSPS) is 16.9. The highest BCUT2D eigenvalue weighted by Crippen LogP contribution is 2.30. The Morgan fingerprint density at radius 2 is 1.79 bits per heavy atom. The molecule has 1 saturated heterocycles. The number of sulfonamides is 1. The zero-order valence-corrected chi connectivity index (χ0v) is 12.3. The molecule has 0 amide bonds. The van der Waals surface area contributed by atoms with Gasteiger partial charge in [-0.3, -0.25) is 0 Å². The van der Waals surface area contributed by atoms with Gasteiger partial charge in [0.1, 0.15) is 4.90 Å². The van der Waals surface area contributed by atoms with Gasteiger partial charge in [0.2, 0.25) is 10.0 Å². The van der Waals surface area contributed by atoms with E-state index >= 15 is 0 Å². The van der Waals surface area contributed by atoms with E-state index in [0.29, 0.717) is 10.6 Å². The van der Waals surface area contributed by atoms with Crippen LogP contribution >= 0.6 is 0 Å². The van der Waals surface area contributed by atoms with Crippen molar-refractivity contribution in [2.45, 2.75) is 24.2 Å². The molecular formula is C13H21N3O2S. The first-order valence-corrected chi connectivity index (χ1v) is 7.94. The summed E-state index contributed by atoms with van der Waals surface area (Å²) < 4.78 is 26.0. The highest BCUT2D eigenvalue weighted by molar-refractivity contribution is 7.89. The second kappa shape index (κ2) is 5.38. The van der Waals surface area contributed by atoms with Gasteiger partial charge in [-0.2, -0.15) is 0 Å². The summed E-state index contributed by atoms with van der Waals surface area (Å²) in [6.07, 6.45) is 3.42. The van der Waals surface area contributed by atoms with Crippen molar-refractivity contribution in [1.82, 2.24) is 4.31 Å². The van der Waals surface area contributed by atoms with Gasteiger partial charge in [-0.05, 0) is 37.5 Å². The van der Waals surface area contributed by atoms with Gasteiger partial charge in [0.25, 0.3) is 0 Å². The molecule has 1 aromatic rings. The largest absolute Gasteiger partial charge is 0.399 e. The summed E-state index contributed by atoms with van der Waals surface area (Å²) in [7, 11) is -0.387. The van der Waals surface area contributed by atoms with Crippen molar-refractivity contribution in [1.29, 1.82) is 0 Å². The topological polar surface area (TPSA) is 66.6 Å². The number of anilines is 2. The maximum Gasteiger partial charge on any atom is 0.244 e. The second-order valence-corrected chi connectivity index (χ2v) is 7.18. The van der Waals surface area contributed by atoms with E-state index < -0.39 is 10.0 Å². The second-order valence-electron chi connectivity index (χ2n) is 5.06. The van der Waals surface area contributed by atoms with Crippen molar-refractivity contribution in [2.24, 2.45) is 0 Å². The third-order valence-corrected chi connectivity index (χ3v) is 5.28. The summed E-state index contributed by atoms with van der Waals surface area (Å²) in [5.41, 5.74) is 6.99. The highest BCUT2D eigenvalue weighted by Gasteiger charge is 2.25. The van der Waals surface area contributed by atoms with E-state index in [2.05, 4.69) is 4.90 Å². The lowest BCUT2D eigenvalue weighted by Crippen LogP contribution is -2.32. The summed E-state index contributed by atoms with van der Waals surface area (Å²) >= 11 is 0. The molecule has 0 aromatic heterocycles. The summed E-state index contributed by atoms with van der Waals surface area (Å²) in [6.45, 7) is 1.81. The van der Waals surface area contributed by atoms with Crippen LogP contribution in [-0.4, -0.2) is 39.9 Å². The molecular weight excluding hydrogens is 262 g/mol.